The molecule has 0 aromatic carbocycles. The van der Waals surface area contributed by atoms with Crippen LogP contribution in [0.3, 0.4) is 0 Å². The highest BCUT2D eigenvalue weighted by molar-refractivity contribution is 5.80. The number of aliphatic carboxylic acids is 1. The van der Waals surface area contributed by atoms with E-state index in [1.807, 2.05) is 0 Å². The van der Waals surface area contributed by atoms with Crippen LogP contribution in [0.4, 0.5) is 0 Å². The van der Waals surface area contributed by atoms with Crippen LogP contribution in [-0.2, 0) is 19.1 Å². The molecular weight excluding hydrogens is 514 g/mol. The standard InChI is InChI=1S/C35H67NO5/c1-3-5-7-9-10-11-12-13-14-15-16-17-18-19-20-26-30-35(40)41-32(27-23-8-6-4-2)28-24-21-22-25-29-33(37)36-31-34(38)39/h32H,3-31H2,1-2H3,(H,36,37)(H,38,39). The number of hydrogen-bond donors (Lipinski definition) is 2. The number of unbranched alkanes of at least 4 members (excludes halogenated alkanes) is 21. The summed E-state index contributed by atoms with van der Waals surface area (Å²) in [5.74, 6) is -1.26. The minimum atomic E-state index is -1.02. The molecule has 1 atom stereocenters. The molecule has 0 aliphatic heterocycles. The molecule has 0 radical (unpaired) electrons. The Hall–Kier alpha value is -1.59. The van der Waals surface area contributed by atoms with Crippen molar-refractivity contribution in [1.29, 1.82) is 0 Å². The van der Waals surface area contributed by atoms with E-state index in [-0.39, 0.29) is 24.5 Å². The molecule has 0 fully saturated rings. The third-order valence-corrected chi connectivity index (χ3v) is 8.03. The first-order valence-electron chi connectivity index (χ1n) is 17.7. The maximum atomic E-state index is 12.5. The van der Waals surface area contributed by atoms with E-state index >= 15 is 0 Å². The summed E-state index contributed by atoms with van der Waals surface area (Å²) in [4.78, 5) is 34.6. The van der Waals surface area contributed by atoms with Crippen molar-refractivity contribution in [1.82, 2.24) is 5.32 Å². The zero-order chi connectivity index (χ0) is 30.2. The van der Waals surface area contributed by atoms with Gasteiger partial charge in [0.05, 0.1) is 0 Å². The molecule has 6 nitrogen and oxygen atoms in total. The van der Waals surface area contributed by atoms with Crippen molar-refractivity contribution >= 4 is 17.8 Å². The van der Waals surface area contributed by atoms with Gasteiger partial charge in [-0.1, -0.05) is 142 Å². The van der Waals surface area contributed by atoms with Gasteiger partial charge in [-0.15, -0.1) is 0 Å². The molecule has 41 heavy (non-hydrogen) atoms. The van der Waals surface area contributed by atoms with Crippen LogP contribution in [0.25, 0.3) is 0 Å². The van der Waals surface area contributed by atoms with Gasteiger partial charge in [0.25, 0.3) is 0 Å². The third-order valence-electron chi connectivity index (χ3n) is 8.03. The number of carboxylic acid groups (broad SMARTS) is 1. The highest BCUT2D eigenvalue weighted by atomic mass is 16.5. The van der Waals surface area contributed by atoms with E-state index in [0.717, 1.165) is 57.8 Å². The fraction of sp³-hybridized carbons (Fsp3) is 0.914. The molecule has 0 saturated carbocycles. The minimum absolute atomic E-state index is 0.0132. The topological polar surface area (TPSA) is 92.7 Å². The fourth-order valence-electron chi connectivity index (χ4n) is 5.40. The van der Waals surface area contributed by atoms with Gasteiger partial charge in [0, 0.05) is 12.8 Å². The highest BCUT2D eigenvalue weighted by Gasteiger charge is 2.14. The number of carbonyl (C=O) groups excluding carboxylic acids is 2. The van der Waals surface area contributed by atoms with Gasteiger partial charge in [-0.3, -0.25) is 14.4 Å². The average molecular weight is 582 g/mol. The van der Waals surface area contributed by atoms with E-state index < -0.39 is 5.97 Å². The van der Waals surface area contributed by atoms with Gasteiger partial charge in [-0.2, -0.15) is 0 Å². The number of carboxylic acids is 1. The monoisotopic (exact) mass is 582 g/mol. The van der Waals surface area contributed by atoms with Crippen LogP contribution < -0.4 is 5.32 Å². The van der Waals surface area contributed by atoms with Crippen LogP contribution in [0.15, 0.2) is 0 Å². The number of ether oxygens (including phenoxy) is 1. The smallest absolute Gasteiger partial charge is 0.322 e. The summed E-state index contributed by atoms with van der Waals surface area (Å²) in [6.45, 7) is 4.17. The first-order valence-corrected chi connectivity index (χ1v) is 17.7. The lowest BCUT2D eigenvalue weighted by molar-refractivity contribution is -0.150. The predicted octanol–water partition coefficient (Wildman–Crippen LogP) is 10.1. The summed E-state index contributed by atoms with van der Waals surface area (Å²) < 4.78 is 5.90. The first-order chi connectivity index (χ1) is 20.0. The molecule has 0 aromatic rings. The molecule has 1 amide bonds. The molecule has 242 valence electrons. The Labute approximate surface area is 253 Å². The summed E-state index contributed by atoms with van der Waals surface area (Å²) in [7, 11) is 0. The quantitative estimate of drug-likeness (QED) is 0.0609. The Morgan fingerprint density at radius 1 is 0.537 bits per heavy atom. The molecule has 0 spiro atoms. The van der Waals surface area contributed by atoms with Gasteiger partial charge >= 0.3 is 11.9 Å². The van der Waals surface area contributed by atoms with Crippen LogP contribution in [-0.4, -0.2) is 35.6 Å². The van der Waals surface area contributed by atoms with Crippen LogP contribution in [0.5, 0.6) is 0 Å². The first kappa shape index (κ1) is 39.4. The molecule has 2 N–H and O–H groups in total. The minimum Gasteiger partial charge on any atom is -0.480 e. The second-order valence-electron chi connectivity index (χ2n) is 12.1. The average Bonchev–Trinajstić information content (AvgIpc) is 2.95. The van der Waals surface area contributed by atoms with Gasteiger partial charge in [0.15, 0.2) is 0 Å². The van der Waals surface area contributed by atoms with Crippen molar-refractivity contribution in [3.05, 3.63) is 0 Å². The van der Waals surface area contributed by atoms with Gasteiger partial charge in [-0.05, 0) is 38.5 Å². The Morgan fingerprint density at radius 3 is 1.34 bits per heavy atom. The van der Waals surface area contributed by atoms with Gasteiger partial charge in [0.1, 0.15) is 12.6 Å². The lowest BCUT2D eigenvalue weighted by Crippen LogP contribution is -2.28. The van der Waals surface area contributed by atoms with E-state index in [1.54, 1.807) is 0 Å². The summed E-state index contributed by atoms with van der Waals surface area (Å²) in [6, 6.07) is 0. The number of hydrogen-bond acceptors (Lipinski definition) is 4. The summed E-state index contributed by atoms with van der Waals surface area (Å²) in [5, 5.41) is 11.0. The molecule has 0 aliphatic rings. The van der Waals surface area contributed by atoms with Crippen molar-refractivity contribution in [3.63, 3.8) is 0 Å². The SMILES string of the molecule is CCCCCCCCCCCCCCCCCCC(=O)OC(CCCCCC)CCCCCCC(=O)NCC(=O)O. The van der Waals surface area contributed by atoms with Crippen LogP contribution in [0, 0.1) is 0 Å². The van der Waals surface area contributed by atoms with E-state index in [4.69, 9.17) is 9.84 Å². The van der Waals surface area contributed by atoms with Crippen molar-refractivity contribution in [2.45, 2.75) is 200 Å². The van der Waals surface area contributed by atoms with Crippen molar-refractivity contribution in [3.8, 4) is 0 Å². The number of rotatable bonds is 32. The number of esters is 1. The summed E-state index contributed by atoms with van der Waals surface area (Å²) in [6.07, 6.45) is 32.4. The van der Waals surface area contributed by atoms with Crippen molar-refractivity contribution < 1.29 is 24.2 Å². The molecule has 0 rings (SSSR count). The zero-order valence-corrected chi connectivity index (χ0v) is 27.2. The van der Waals surface area contributed by atoms with Crippen LogP contribution >= 0.6 is 0 Å². The predicted molar refractivity (Wildman–Crippen MR) is 171 cm³/mol. The van der Waals surface area contributed by atoms with E-state index in [9.17, 15) is 14.4 Å². The molecule has 0 bridgehead atoms. The fourth-order valence-corrected chi connectivity index (χ4v) is 5.40. The normalized spacial score (nSPS) is 11.9. The summed E-state index contributed by atoms with van der Waals surface area (Å²) >= 11 is 0. The Balaban J connectivity index is 3.82. The molecule has 0 saturated heterocycles. The third kappa shape index (κ3) is 31.2. The maximum absolute atomic E-state index is 12.5. The highest BCUT2D eigenvalue weighted by Crippen LogP contribution is 2.18. The number of amides is 1. The second kappa shape index (κ2) is 31.3. The van der Waals surface area contributed by atoms with E-state index in [1.165, 1.54) is 109 Å². The molecule has 0 aromatic heterocycles. The van der Waals surface area contributed by atoms with E-state index in [0.29, 0.717) is 12.8 Å². The Kier molecular flexibility index (Phi) is 30.1. The lowest BCUT2D eigenvalue weighted by Gasteiger charge is -2.18. The Morgan fingerprint density at radius 2 is 0.902 bits per heavy atom. The van der Waals surface area contributed by atoms with Crippen molar-refractivity contribution in [2.24, 2.45) is 0 Å². The second-order valence-corrected chi connectivity index (χ2v) is 12.1. The molecule has 1 unspecified atom stereocenters. The molecule has 0 heterocycles. The van der Waals surface area contributed by atoms with Gasteiger partial charge in [0.2, 0.25) is 5.91 Å². The zero-order valence-electron chi connectivity index (χ0n) is 27.2. The van der Waals surface area contributed by atoms with Crippen LogP contribution in [0.1, 0.15) is 194 Å². The maximum Gasteiger partial charge on any atom is 0.322 e. The molecule has 0 aliphatic carbocycles. The van der Waals surface area contributed by atoms with Crippen LogP contribution in [0.2, 0.25) is 0 Å². The lowest BCUT2D eigenvalue weighted by atomic mass is 10.0. The largest absolute Gasteiger partial charge is 0.480 e. The Bertz CT molecular complexity index is 609. The number of nitrogens with one attached hydrogen (secondary N) is 1. The van der Waals surface area contributed by atoms with Crippen molar-refractivity contribution in [2.75, 3.05) is 6.54 Å². The number of carbonyl (C=O) groups is 3. The molecular formula is C35H67NO5. The van der Waals surface area contributed by atoms with E-state index in [2.05, 4.69) is 19.2 Å². The van der Waals surface area contributed by atoms with Gasteiger partial charge < -0.3 is 15.2 Å². The molecule has 6 heteroatoms. The summed E-state index contributed by atoms with van der Waals surface area (Å²) in [5.41, 5.74) is 0. The van der Waals surface area contributed by atoms with Gasteiger partial charge in [-0.25, -0.2) is 0 Å².